The molecule has 0 saturated carbocycles. The molecule has 27 heavy (non-hydrogen) atoms. The fraction of sp³-hybridized carbons (Fsp3) is 0.100. The number of ether oxygens (including phenoxy) is 1. The van der Waals surface area contributed by atoms with E-state index in [1.54, 1.807) is 31.2 Å². The summed E-state index contributed by atoms with van der Waals surface area (Å²) < 4.78 is 10.3. The maximum absolute atomic E-state index is 12.3. The molecule has 0 atom stereocenters. The predicted octanol–water partition coefficient (Wildman–Crippen LogP) is 2.30. The molecule has 0 spiro atoms. The molecule has 7 heteroatoms. The van der Waals surface area contributed by atoms with Gasteiger partial charge in [0, 0.05) is 17.5 Å². The number of aryl methyl sites for hydroxylation is 1. The van der Waals surface area contributed by atoms with Crippen molar-refractivity contribution >= 4 is 28.8 Å². The molecule has 1 aliphatic rings. The average molecular weight is 363 g/mol. The highest BCUT2D eigenvalue weighted by atomic mass is 16.5. The van der Waals surface area contributed by atoms with Gasteiger partial charge in [0.1, 0.15) is 17.9 Å². The normalized spacial score (nSPS) is 13.1. The lowest BCUT2D eigenvalue weighted by Crippen LogP contribution is -2.36. The second-order valence-corrected chi connectivity index (χ2v) is 6.12. The van der Waals surface area contributed by atoms with E-state index in [9.17, 15) is 19.2 Å². The quantitative estimate of drug-likeness (QED) is 0.307. The zero-order chi connectivity index (χ0) is 19.1. The Morgan fingerprint density at radius 2 is 1.67 bits per heavy atom. The molecule has 0 fully saturated rings. The monoisotopic (exact) mass is 363 g/mol. The van der Waals surface area contributed by atoms with E-state index < -0.39 is 30.0 Å². The molecule has 0 unspecified atom stereocenters. The van der Waals surface area contributed by atoms with Gasteiger partial charge in [0.25, 0.3) is 11.8 Å². The summed E-state index contributed by atoms with van der Waals surface area (Å²) in [6.07, 6.45) is 0. The maximum atomic E-state index is 12.3. The summed E-state index contributed by atoms with van der Waals surface area (Å²) in [6.45, 7) is 1.26. The summed E-state index contributed by atoms with van der Waals surface area (Å²) in [7, 11) is 0. The van der Waals surface area contributed by atoms with Crippen LogP contribution in [0.3, 0.4) is 0 Å². The Kier molecular flexibility index (Phi) is 3.84. The Morgan fingerprint density at radius 1 is 1.00 bits per heavy atom. The number of imide groups is 1. The van der Waals surface area contributed by atoms with Crippen LogP contribution in [-0.4, -0.2) is 29.2 Å². The van der Waals surface area contributed by atoms with Crippen LogP contribution in [0.15, 0.2) is 57.7 Å². The van der Waals surface area contributed by atoms with Crippen molar-refractivity contribution in [1.29, 1.82) is 0 Å². The number of carbonyl (C=O) groups excluding carboxylic acids is 3. The Labute approximate surface area is 152 Å². The first-order chi connectivity index (χ1) is 12.9. The molecule has 1 aliphatic heterocycles. The van der Waals surface area contributed by atoms with E-state index >= 15 is 0 Å². The summed E-state index contributed by atoms with van der Waals surface area (Å²) in [6, 6.07) is 12.4. The molecule has 2 aromatic carbocycles. The van der Waals surface area contributed by atoms with Crippen molar-refractivity contribution in [3.8, 4) is 5.75 Å². The third-order valence-corrected chi connectivity index (χ3v) is 4.32. The topological polar surface area (TPSA) is 93.9 Å². The molecule has 134 valence electrons. The van der Waals surface area contributed by atoms with Gasteiger partial charge in [-0.3, -0.25) is 14.5 Å². The van der Waals surface area contributed by atoms with Crippen molar-refractivity contribution in [2.75, 3.05) is 6.54 Å². The minimum atomic E-state index is -0.779. The first kappa shape index (κ1) is 16.7. The number of hydrogen-bond donors (Lipinski definition) is 0. The Bertz CT molecular complexity index is 1140. The predicted molar refractivity (Wildman–Crippen MR) is 94.7 cm³/mol. The summed E-state index contributed by atoms with van der Waals surface area (Å²) >= 11 is 0. The van der Waals surface area contributed by atoms with Crippen LogP contribution in [0.25, 0.3) is 11.0 Å². The summed E-state index contributed by atoms with van der Waals surface area (Å²) in [4.78, 5) is 49.1. The first-order valence-corrected chi connectivity index (χ1v) is 8.14. The fourth-order valence-corrected chi connectivity index (χ4v) is 3.04. The molecule has 0 N–H and O–H groups in total. The second-order valence-electron chi connectivity index (χ2n) is 6.12. The van der Waals surface area contributed by atoms with Crippen LogP contribution in [0.1, 0.15) is 26.3 Å². The van der Waals surface area contributed by atoms with Crippen LogP contribution in [0.5, 0.6) is 5.75 Å². The maximum Gasteiger partial charge on any atom is 0.336 e. The van der Waals surface area contributed by atoms with Gasteiger partial charge in [0.15, 0.2) is 0 Å². The van der Waals surface area contributed by atoms with Crippen molar-refractivity contribution in [1.82, 2.24) is 4.90 Å². The van der Waals surface area contributed by atoms with E-state index in [4.69, 9.17) is 9.15 Å². The van der Waals surface area contributed by atoms with Gasteiger partial charge in [0.05, 0.1) is 11.1 Å². The molecule has 0 radical (unpaired) electrons. The van der Waals surface area contributed by atoms with Crippen molar-refractivity contribution in [2.45, 2.75) is 6.92 Å². The van der Waals surface area contributed by atoms with Crippen molar-refractivity contribution < 1.29 is 23.5 Å². The van der Waals surface area contributed by atoms with Crippen LogP contribution in [0.2, 0.25) is 0 Å². The van der Waals surface area contributed by atoms with Crippen LogP contribution >= 0.6 is 0 Å². The third-order valence-electron chi connectivity index (χ3n) is 4.32. The standard InChI is InChI=1S/C20H13NO6/c1-11-8-17(22)27-16-9-12(6-7-13(11)16)26-18(23)10-21-19(24)14-4-2-3-5-15(14)20(21)25/h2-9H,10H2,1H3. The van der Waals surface area contributed by atoms with Gasteiger partial charge < -0.3 is 9.15 Å². The summed E-state index contributed by atoms with van der Waals surface area (Å²) in [5.41, 5.74) is 1.04. The molecule has 0 bridgehead atoms. The van der Waals surface area contributed by atoms with Gasteiger partial charge in [-0.25, -0.2) is 9.59 Å². The lowest BCUT2D eigenvalue weighted by atomic mass is 10.1. The zero-order valence-electron chi connectivity index (χ0n) is 14.2. The minimum absolute atomic E-state index is 0.151. The Hall–Kier alpha value is -3.74. The number of carbonyl (C=O) groups is 3. The van der Waals surface area contributed by atoms with Gasteiger partial charge in [0.2, 0.25) is 0 Å². The molecule has 2 heterocycles. The number of benzene rings is 2. The molecule has 0 saturated heterocycles. The van der Waals surface area contributed by atoms with Gasteiger partial charge in [-0.05, 0) is 36.8 Å². The minimum Gasteiger partial charge on any atom is -0.425 e. The first-order valence-electron chi connectivity index (χ1n) is 8.14. The van der Waals surface area contributed by atoms with Gasteiger partial charge in [-0.2, -0.15) is 0 Å². The molecule has 7 nitrogen and oxygen atoms in total. The molecular weight excluding hydrogens is 350 g/mol. The SMILES string of the molecule is Cc1cc(=O)oc2cc(OC(=O)CN3C(=O)c4ccccc4C3=O)ccc12. The average Bonchev–Trinajstić information content (AvgIpc) is 2.86. The Morgan fingerprint density at radius 3 is 2.33 bits per heavy atom. The number of esters is 1. The third kappa shape index (κ3) is 2.89. The van der Waals surface area contributed by atoms with Crippen LogP contribution in [0, 0.1) is 6.92 Å². The highest BCUT2D eigenvalue weighted by Crippen LogP contribution is 2.24. The zero-order valence-corrected chi connectivity index (χ0v) is 14.2. The highest BCUT2D eigenvalue weighted by molar-refractivity contribution is 6.22. The second kappa shape index (κ2) is 6.21. The molecule has 4 rings (SSSR count). The number of hydrogen-bond acceptors (Lipinski definition) is 6. The molecule has 3 aromatic rings. The molecule has 1 aromatic heterocycles. The van der Waals surface area contributed by atoms with Crippen LogP contribution in [-0.2, 0) is 4.79 Å². The van der Waals surface area contributed by atoms with Gasteiger partial charge in [-0.15, -0.1) is 0 Å². The van der Waals surface area contributed by atoms with E-state index in [2.05, 4.69) is 0 Å². The fourth-order valence-electron chi connectivity index (χ4n) is 3.04. The largest absolute Gasteiger partial charge is 0.425 e. The lowest BCUT2D eigenvalue weighted by Gasteiger charge is -2.13. The van der Waals surface area contributed by atoms with Gasteiger partial charge in [-0.1, -0.05) is 12.1 Å². The van der Waals surface area contributed by atoms with Crippen molar-refractivity contribution in [3.63, 3.8) is 0 Å². The molecule has 2 amide bonds. The molecule has 0 aliphatic carbocycles. The lowest BCUT2D eigenvalue weighted by molar-refractivity contribution is -0.134. The number of fused-ring (bicyclic) bond motifs is 2. The summed E-state index contributed by atoms with van der Waals surface area (Å²) in [5.74, 6) is -1.70. The van der Waals surface area contributed by atoms with Crippen LogP contribution in [0.4, 0.5) is 0 Å². The van der Waals surface area contributed by atoms with E-state index in [-0.39, 0.29) is 22.5 Å². The van der Waals surface area contributed by atoms with Crippen LogP contribution < -0.4 is 10.4 Å². The Balaban J connectivity index is 1.54. The summed E-state index contributed by atoms with van der Waals surface area (Å²) in [5, 5.41) is 0.717. The number of nitrogens with zero attached hydrogens (tertiary/aromatic N) is 1. The van der Waals surface area contributed by atoms with Crippen molar-refractivity contribution in [2.24, 2.45) is 0 Å². The highest BCUT2D eigenvalue weighted by Gasteiger charge is 2.36. The van der Waals surface area contributed by atoms with E-state index in [1.165, 1.54) is 24.3 Å². The van der Waals surface area contributed by atoms with Crippen molar-refractivity contribution in [3.05, 3.63) is 75.6 Å². The molecular formula is C20H13NO6. The number of amides is 2. The van der Waals surface area contributed by atoms with E-state index in [0.29, 0.717) is 0 Å². The van der Waals surface area contributed by atoms with Gasteiger partial charge >= 0.3 is 11.6 Å². The van der Waals surface area contributed by atoms with E-state index in [0.717, 1.165) is 15.8 Å². The number of rotatable bonds is 3. The smallest absolute Gasteiger partial charge is 0.336 e. The van der Waals surface area contributed by atoms with E-state index in [1.807, 2.05) is 0 Å².